The third kappa shape index (κ3) is 4.49. The summed E-state index contributed by atoms with van der Waals surface area (Å²) in [6.45, 7) is 0. The van der Waals surface area contributed by atoms with Gasteiger partial charge in [-0.3, -0.25) is 4.79 Å². The van der Waals surface area contributed by atoms with Crippen molar-refractivity contribution in [2.24, 2.45) is 0 Å². The van der Waals surface area contributed by atoms with Crippen LogP contribution in [-0.4, -0.2) is 13.0 Å². The molecule has 0 saturated carbocycles. The van der Waals surface area contributed by atoms with Crippen LogP contribution in [0.4, 0.5) is 5.69 Å². The Kier molecular flexibility index (Phi) is 5.64. The van der Waals surface area contributed by atoms with Gasteiger partial charge < -0.3 is 10.1 Å². The topological polar surface area (TPSA) is 62.1 Å². The molecular formula is C17H12Cl2N2O2. The predicted molar refractivity (Wildman–Crippen MR) is 91.7 cm³/mol. The van der Waals surface area contributed by atoms with E-state index in [1.165, 1.54) is 13.2 Å². The van der Waals surface area contributed by atoms with Crippen molar-refractivity contribution in [3.05, 3.63) is 63.6 Å². The molecule has 2 aromatic rings. The van der Waals surface area contributed by atoms with Crippen molar-refractivity contribution in [2.45, 2.75) is 0 Å². The Balaban J connectivity index is 2.28. The third-order valence-electron chi connectivity index (χ3n) is 2.96. The maximum Gasteiger partial charge on any atom is 0.266 e. The lowest BCUT2D eigenvalue weighted by Gasteiger charge is -2.07. The van der Waals surface area contributed by atoms with E-state index in [1.54, 1.807) is 42.5 Å². The summed E-state index contributed by atoms with van der Waals surface area (Å²) in [4.78, 5) is 12.2. The minimum absolute atomic E-state index is 0.0690. The first-order valence-electron chi connectivity index (χ1n) is 6.55. The summed E-state index contributed by atoms with van der Waals surface area (Å²) in [5, 5.41) is 12.9. The molecule has 0 bridgehead atoms. The van der Waals surface area contributed by atoms with Gasteiger partial charge in [-0.15, -0.1) is 0 Å². The van der Waals surface area contributed by atoms with Crippen LogP contribution in [0.3, 0.4) is 0 Å². The molecule has 116 valence electrons. The van der Waals surface area contributed by atoms with E-state index in [-0.39, 0.29) is 5.57 Å². The van der Waals surface area contributed by atoms with Crippen molar-refractivity contribution in [3.8, 4) is 11.8 Å². The number of rotatable bonds is 4. The summed E-state index contributed by atoms with van der Waals surface area (Å²) in [7, 11) is 1.50. The zero-order valence-corrected chi connectivity index (χ0v) is 13.7. The molecule has 0 fully saturated rings. The number of amides is 1. The van der Waals surface area contributed by atoms with E-state index in [1.807, 2.05) is 6.07 Å². The molecule has 0 unspecified atom stereocenters. The van der Waals surface area contributed by atoms with Crippen LogP contribution < -0.4 is 10.1 Å². The molecule has 2 aromatic carbocycles. The van der Waals surface area contributed by atoms with E-state index >= 15 is 0 Å². The zero-order valence-electron chi connectivity index (χ0n) is 12.1. The van der Waals surface area contributed by atoms with Crippen LogP contribution in [0.5, 0.6) is 5.75 Å². The molecule has 0 radical (unpaired) electrons. The van der Waals surface area contributed by atoms with E-state index in [0.29, 0.717) is 27.0 Å². The SMILES string of the molecule is COc1ccc(Cl)cc1/C=C(\C#N)C(=O)Nc1ccc(Cl)cc1. The molecule has 0 heterocycles. The first kappa shape index (κ1) is 16.9. The first-order valence-corrected chi connectivity index (χ1v) is 7.31. The fourth-order valence-corrected chi connectivity index (χ4v) is 2.16. The van der Waals surface area contributed by atoms with E-state index < -0.39 is 5.91 Å². The fraction of sp³-hybridized carbons (Fsp3) is 0.0588. The lowest BCUT2D eigenvalue weighted by molar-refractivity contribution is -0.112. The van der Waals surface area contributed by atoms with Crippen LogP contribution in [0.2, 0.25) is 10.0 Å². The molecule has 0 spiro atoms. The third-order valence-corrected chi connectivity index (χ3v) is 3.45. The van der Waals surface area contributed by atoms with Crippen LogP contribution >= 0.6 is 23.2 Å². The average Bonchev–Trinajstić information content (AvgIpc) is 2.54. The molecule has 1 N–H and O–H groups in total. The number of benzene rings is 2. The molecule has 23 heavy (non-hydrogen) atoms. The highest BCUT2D eigenvalue weighted by atomic mass is 35.5. The molecule has 4 nitrogen and oxygen atoms in total. The molecule has 0 aliphatic rings. The number of hydrogen-bond acceptors (Lipinski definition) is 3. The minimum Gasteiger partial charge on any atom is -0.496 e. The standard InChI is InChI=1S/C17H12Cl2N2O2/c1-23-16-7-4-14(19)9-11(16)8-12(10-20)17(22)21-15-5-2-13(18)3-6-15/h2-9H,1H3,(H,21,22)/b12-8+. The number of methoxy groups -OCH3 is 1. The number of hydrogen-bond donors (Lipinski definition) is 1. The second kappa shape index (κ2) is 7.68. The van der Waals surface area contributed by atoms with E-state index in [2.05, 4.69) is 5.32 Å². The molecule has 2 rings (SSSR count). The van der Waals surface area contributed by atoms with Crippen LogP contribution in [0.1, 0.15) is 5.56 Å². The summed E-state index contributed by atoms with van der Waals surface area (Å²) in [5.74, 6) is -0.0155. The summed E-state index contributed by atoms with van der Waals surface area (Å²) in [5.41, 5.74) is 1.02. The molecule has 0 aromatic heterocycles. The molecule has 0 saturated heterocycles. The van der Waals surface area contributed by atoms with Gasteiger partial charge in [-0.25, -0.2) is 0 Å². The van der Waals surface area contributed by atoms with Gasteiger partial charge in [0.1, 0.15) is 17.4 Å². The van der Waals surface area contributed by atoms with Crippen LogP contribution in [0.25, 0.3) is 6.08 Å². The minimum atomic E-state index is -0.531. The first-order chi connectivity index (χ1) is 11.0. The molecule has 6 heteroatoms. The lowest BCUT2D eigenvalue weighted by Crippen LogP contribution is -2.13. The number of anilines is 1. The van der Waals surface area contributed by atoms with Crippen molar-refractivity contribution >= 4 is 40.9 Å². The Hall–Kier alpha value is -2.48. The second-order valence-electron chi connectivity index (χ2n) is 4.52. The van der Waals surface area contributed by atoms with E-state index in [9.17, 15) is 10.1 Å². The van der Waals surface area contributed by atoms with Crippen molar-refractivity contribution in [2.75, 3.05) is 12.4 Å². The molecule has 0 atom stereocenters. The predicted octanol–water partition coefficient (Wildman–Crippen LogP) is 4.55. The van der Waals surface area contributed by atoms with Gasteiger partial charge in [-0.1, -0.05) is 23.2 Å². The van der Waals surface area contributed by atoms with Gasteiger partial charge in [0.15, 0.2) is 0 Å². The Labute approximate surface area is 143 Å². The highest BCUT2D eigenvalue weighted by Gasteiger charge is 2.11. The molecule has 0 aliphatic carbocycles. The number of ether oxygens (including phenoxy) is 1. The molecule has 1 amide bonds. The van der Waals surface area contributed by atoms with Crippen molar-refractivity contribution in [1.82, 2.24) is 0 Å². The Bertz CT molecular complexity index is 793. The van der Waals surface area contributed by atoms with E-state index in [4.69, 9.17) is 27.9 Å². The van der Waals surface area contributed by atoms with Gasteiger partial charge in [-0.2, -0.15) is 5.26 Å². The summed E-state index contributed by atoms with van der Waals surface area (Å²) >= 11 is 11.7. The normalized spacial score (nSPS) is 10.8. The van der Waals surface area contributed by atoms with Crippen molar-refractivity contribution < 1.29 is 9.53 Å². The Morgan fingerprint density at radius 2 is 1.83 bits per heavy atom. The smallest absolute Gasteiger partial charge is 0.266 e. The quantitative estimate of drug-likeness (QED) is 0.652. The van der Waals surface area contributed by atoms with E-state index in [0.717, 1.165) is 0 Å². The Morgan fingerprint density at radius 1 is 1.17 bits per heavy atom. The summed E-state index contributed by atoms with van der Waals surface area (Å²) < 4.78 is 5.20. The second-order valence-corrected chi connectivity index (χ2v) is 5.39. The number of nitrogens with one attached hydrogen (secondary N) is 1. The van der Waals surface area contributed by atoms with Gasteiger partial charge in [0.2, 0.25) is 0 Å². The van der Waals surface area contributed by atoms with Crippen LogP contribution in [-0.2, 0) is 4.79 Å². The fourth-order valence-electron chi connectivity index (χ4n) is 1.85. The monoisotopic (exact) mass is 346 g/mol. The number of carbonyl (C=O) groups excluding carboxylic acids is 1. The summed E-state index contributed by atoms with van der Waals surface area (Å²) in [6, 6.07) is 13.4. The number of carbonyl (C=O) groups is 1. The van der Waals surface area contributed by atoms with Crippen molar-refractivity contribution in [3.63, 3.8) is 0 Å². The highest BCUT2D eigenvalue weighted by Crippen LogP contribution is 2.25. The largest absolute Gasteiger partial charge is 0.496 e. The highest BCUT2D eigenvalue weighted by molar-refractivity contribution is 6.31. The molecule has 0 aliphatic heterocycles. The number of nitrogens with zero attached hydrogens (tertiary/aromatic N) is 1. The summed E-state index contributed by atoms with van der Waals surface area (Å²) in [6.07, 6.45) is 1.43. The van der Waals surface area contributed by atoms with Crippen molar-refractivity contribution in [1.29, 1.82) is 5.26 Å². The molecular weight excluding hydrogens is 335 g/mol. The maximum atomic E-state index is 12.2. The van der Waals surface area contributed by atoms with Crippen LogP contribution in [0, 0.1) is 11.3 Å². The van der Waals surface area contributed by atoms with Crippen LogP contribution in [0.15, 0.2) is 48.0 Å². The van der Waals surface area contributed by atoms with Gasteiger partial charge in [0, 0.05) is 21.3 Å². The van der Waals surface area contributed by atoms with Gasteiger partial charge in [0.05, 0.1) is 7.11 Å². The van der Waals surface area contributed by atoms with Gasteiger partial charge >= 0.3 is 0 Å². The number of halogens is 2. The zero-order chi connectivity index (χ0) is 16.8. The van der Waals surface area contributed by atoms with Gasteiger partial charge in [0.25, 0.3) is 5.91 Å². The lowest BCUT2D eigenvalue weighted by atomic mass is 10.1. The van der Waals surface area contributed by atoms with Gasteiger partial charge in [-0.05, 0) is 48.5 Å². The average molecular weight is 347 g/mol. The Morgan fingerprint density at radius 3 is 2.43 bits per heavy atom. The maximum absolute atomic E-state index is 12.2. The number of nitriles is 1.